The third-order valence-electron chi connectivity index (χ3n) is 2.57. The van der Waals surface area contributed by atoms with E-state index in [1.165, 1.54) is 4.88 Å². The van der Waals surface area contributed by atoms with E-state index in [1.807, 2.05) is 24.3 Å². The number of aromatic nitrogens is 2. The maximum absolute atomic E-state index is 6.22. The molecular formula is C13H8BrClN2S. The molecule has 1 aromatic carbocycles. The fourth-order valence-corrected chi connectivity index (χ4v) is 3.12. The number of hydrogen-bond donors (Lipinski definition) is 0. The number of hydrogen-bond acceptors (Lipinski definition) is 3. The van der Waals surface area contributed by atoms with Crippen molar-refractivity contribution in [3.8, 4) is 10.7 Å². The molecule has 2 aromatic heterocycles. The van der Waals surface area contributed by atoms with Crippen LogP contribution in [-0.2, 0) is 0 Å². The van der Waals surface area contributed by atoms with Gasteiger partial charge in [-0.25, -0.2) is 9.97 Å². The Balaban J connectivity index is 2.24. The van der Waals surface area contributed by atoms with Gasteiger partial charge in [-0.15, -0.1) is 11.3 Å². The summed E-state index contributed by atoms with van der Waals surface area (Å²) in [4.78, 5) is 11.2. The van der Waals surface area contributed by atoms with E-state index in [2.05, 4.69) is 38.9 Å². The number of rotatable bonds is 1. The molecular weight excluding hydrogens is 332 g/mol. The Morgan fingerprint density at radius 1 is 1.17 bits per heavy atom. The van der Waals surface area contributed by atoms with E-state index in [-0.39, 0.29) is 0 Å². The van der Waals surface area contributed by atoms with Gasteiger partial charge in [0.2, 0.25) is 0 Å². The van der Waals surface area contributed by atoms with Gasteiger partial charge in [-0.2, -0.15) is 0 Å². The van der Waals surface area contributed by atoms with Crippen molar-refractivity contribution in [2.75, 3.05) is 0 Å². The van der Waals surface area contributed by atoms with Gasteiger partial charge in [0.1, 0.15) is 5.15 Å². The smallest absolute Gasteiger partial charge is 0.171 e. The van der Waals surface area contributed by atoms with Gasteiger partial charge in [0, 0.05) is 14.7 Å². The molecule has 5 heteroatoms. The summed E-state index contributed by atoms with van der Waals surface area (Å²) < 4.78 is 0.972. The molecule has 0 saturated carbocycles. The van der Waals surface area contributed by atoms with Crippen molar-refractivity contribution in [3.05, 3.63) is 44.8 Å². The molecule has 2 nitrogen and oxygen atoms in total. The molecule has 0 amide bonds. The summed E-state index contributed by atoms with van der Waals surface area (Å²) in [5, 5.41) is 1.35. The van der Waals surface area contributed by atoms with E-state index in [1.54, 1.807) is 11.3 Å². The van der Waals surface area contributed by atoms with Crippen molar-refractivity contribution in [1.29, 1.82) is 0 Å². The van der Waals surface area contributed by atoms with E-state index < -0.39 is 0 Å². The predicted octanol–water partition coefficient (Wildman–Crippen LogP) is 5.08. The topological polar surface area (TPSA) is 25.8 Å². The summed E-state index contributed by atoms with van der Waals surface area (Å²) in [6.45, 7) is 2.06. The summed E-state index contributed by atoms with van der Waals surface area (Å²) in [5.41, 5.74) is 0.860. The average Bonchev–Trinajstić information content (AvgIpc) is 2.77. The molecule has 18 heavy (non-hydrogen) atoms. The molecule has 0 spiro atoms. The van der Waals surface area contributed by atoms with Gasteiger partial charge in [0.15, 0.2) is 5.82 Å². The molecule has 0 radical (unpaired) electrons. The van der Waals surface area contributed by atoms with E-state index in [0.717, 1.165) is 20.3 Å². The van der Waals surface area contributed by atoms with Crippen molar-refractivity contribution in [2.24, 2.45) is 0 Å². The lowest BCUT2D eigenvalue weighted by molar-refractivity contribution is 1.24. The van der Waals surface area contributed by atoms with Crippen LogP contribution in [-0.4, -0.2) is 9.97 Å². The quantitative estimate of drug-likeness (QED) is 0.578. The van der Waals surface area contributed by atoms with Crippen LogP contribution < -0.4 is 0 Å². The first kappa shape index (κ1) is 12.1. The van der Waals surface area contributed by atoms with Gasteiger partial charge < -0.3 is 0 Å². The number of aryl methyl sites for hydroxylation is 1. The fourth-order valence-electron chi connectivity index (χ4n) is 1.73. The maximum Gasteiger partial charge on any atom is 0.171 e. The summed E-state index contributed by atoms with van der Waals surface area (Å²) in [6, 6.07) is 9.91. The molecule has 3 rings (SSSR count). The number of thiophene rings is 1. The highest BCUT2D eigenvalue weighted by Gasteiger charge is 2.09. The minimum absolute atomic E-state index is 0.488. The first-order valence-corrected chi connectivity index (χ1v) is 7.32. The number of halogens is 2. The molecule has 0 N–H and O–H groups in total. The van der Waals surface area contributed by atoms with Crippen molar-refractivity contribution in [1.82, 2.24) is 9.97 Å². The summed E-state index contributed by atoms with van der Waals surface area (Å²) >= 11 is 11.3. The van der Waals surface area contributed by atoms with Crippen LogP contribution in [0.2, 0.25) is 5.15 Å². The molecule has 0 unspecified atom stereocenters. The van der Waals surface area contributed by atoms with Crippen molar-refractivity contribution >= 4 is 49.8 Å². The van der Waals surface area contributed by atoms with E-state index in [4.69, 9.17) is 11.6 Å². The zero-order chi connectivity index (χ0) is 12.7. The normalized spacial score (nSPS) is 11.1. The minimum atomic E-state index is 0.488. The molecule has 2 heterocycles. The van der Waals surface area contributed by atoms with Gasteiger partial charge in [-0.05, 0) is 37.3 Å². The van der Waals surface area contributed by atoms with Crippen molar-refractivity contribution in [3.63, 3.8) is 0 Å². The highest BCUT2D eigenvalue weighted by atomic mass is 79.9. The second-order valence-corrected chi connectivity index (χ2v) is 6.47. The average molecular weight is 340 g/mol. The lowest BCUT2D eigenvalue weighted by atomic mass is 10.2. The molecule has 0 aliphatic carbocycles. The van der Waals surface area contributed by atoms with Gasteiger partial charge in [0.25, 0.3) is 0 Å². The lowest BCUT2D eigenvalue weighted by Gasteiger charge is -2.03. The van der Waals surface area contributed by atoms with Gasteiger partial charge in [-0.1, -0.05) is 27.5 Å². The van der Waals surface area contributed by atoms with Gasteiger partial charge in [0.05, 0.1) is 10.4 Å². The first-order valence-electron chi connectivity index (χ1n) is 5.33. The van der Waals surface area contributed by atoms with Crippen LogP contribution in [0.3, 0.4) is 0 Å². The molecule has 0 aliphatic rings. The number of benzene rings is 1. The maximum atomic E-state index is 6.22. The minimum Gasteiger partial charge on any atom is -0.227 e. The van der Waals surface area contributed by atoms with E-state index >= 15 is 0 Å². The third kappa shape index (κ3) is 2.16. The molecule has 0 fully saturated rings. The molecule has 0 atom stereocenters. The largest absolute Gasteiger partial charge is 0.227 e. The summed E-state index contributed by atoms with van der Waals surface area (Å²) in [7, 11) is 0. The number of nitrogens with zero attached hydrogens (tertiary/aromatic N) is 2. The molecule has 0 aliphatic heterocycles. The Morgan fingerprint density at radius 2 is 2.00 bits per heavy atom. The molecule has 0 bridgehead atoms. The van der Waals surface area contributed by atoms with Crippen LogP contribution in [0.25, 0.3) is 21.6 Å². The van der Waals surface area contributed by atoms with Crippen LogP contribution in [0.5, 0.6) is 0 Å². The summed E-state index contributed by atoms with van der Waals surface area (Å²) in [5.74, 6) is 0.688. The van der Waals surface area contributed by atoms with Crippen LogP contribution in [0.4, 0.5) is 0 Å². The Labute approximate surface area is 122 Å². The molecule has 3 aromatic rings. The zero-order valence-electron chi connectivity index (χ0n) is 9.45. The van der Waals surface area contributed by atoms with E-state index in [0.29, 0.717) is 11.0 Å². The van der Waals surface area contributed by atoms with Gasteiger partial charge >= 0.3 is 0 Å². The Morgan fingerprint density at radius 3 is 2.72 bits per heavy atom. The number of fused-ring (bicyclic) bond motifs is 1. The third-order valence-corrected chi connectivity index (χ3v) is 4.35. The van der Waals surface area contributed by atoms with Crippen LogP contribution >= 0.6 is 38.9 Å². The lowest BCUT2D eigenvalue weighted by Crippen LogP contribution is -1.90. The predicted molar refractivity (Wildman–Crippen MR) is 80.3 cm³/mol. The monoisotopic (exact) mass is 338 g/mol. The SMILES string of the molecule is Cc1ccc(-c2nc(Cl)c3cc(Br)ccc3n2)s1. The highest BCUT2D eigenvalue weighted by molar-refractivity contribution is 9.10. The van der Waals surface area contributed by atoms with Crippen molar-refractivity contribution < 1.29 is 0 Å². The van der Waals surface area contributed by atoms with E-state index in [9.17, 15) is 0 Å². The first-order chi connectivity index (χ1) is 8.63. The second-order valence-electron chi connectivity index (χ2n) is 3.91. The van der Waals surface area contributed by atoms with Crippen LogP contribution in [0.15, 0.2) is 34.8 Å². The second kappa shape index (κ2) is 4.61. The Kier molecular flexibility index (Phi) is 3.09. The van der Waals surface area contributed by atoms with Crippen LogP contribution in [0, 0.1) is 6.92 Å². The van der Waals surface area contributed by atoms with Gasteiger partial charge in [-0.3, -0.25) is 0 Å². The fraction of sp³-hybridized carbons (Fsp3) is 0.0769. The molecule has 90 valence electrons. The van der Waals surface area contributed by atoms with Crippen molar-refractivity contribution in [2.45, 2.75) is 6.92 Å². The standard InChI is InChI=1S/C13H8BrClN2S/c1-7-2-5-11(18-7)13-16-10-4-3-8(14)6-9(10)12(15)17-13/h2-6H,1H3. The molecule has 0 saturated heterocycles. The highest BCUT2D eigenvalue weighted by Crippen LogP contribution is 2.30. The summed E-state index contributed by atoms with van der Waals surface area (Å²) in [6.07, 6.45) is 0. The zero-order valence-corrected chi connectivity index (χ0v) is 12.6. The Bertz CT molecular complexity index is 739. The van der Waals surface area contributed by atoms with Crippen LogP contribution in [0.1, 0.15) is 4.88 Å². The Hall–Kier alpha value is -0.970.